The van der Waals surface area contributed by atoms with Crippen LogP contribution in [0.4, 0.5) is 8.78 Å². The predicted octanol–water partition coefficient (Wildman–Crippen LogP) is 2.10. The van der Waals surface area contributed by atoms with Crippen LogP contribution >= 0.6 is 0 Å². The Morgan fingerprint density at radius 2 is 1.85 bits per heavy atom. The molecule has 0 aliphatic rings. The lowest BCUT2D eigenvalue weighted by atomic mass is 10.0. The molecule has 1 rings (SSSR count). The second-order valence-corrected chi connectivity index (χ2v) is 3.25. The molecule has 0 amide bonds. The highest BCUT2D eigenvalue weighted by atomic mass is 19.1. The molecular formula is C10H13F2N. The van der Waals surface area contributed by atoms with E-state index in [4.69, 9.17) is 5.73 Å². The summed E-state index contributed by atoms with van der Waals surface area (Å²) in [5.74, 6) is -0.869. The zero-order valence-electron chi connectivity index (χ0n) is 7.56. The molecule has 0 aliphatic heterocycles. The van der Waals surface area contributed by atoms with Gasteiger partial charge in [0.15, 0.2) is 0 Å². The monoisotopic (exact) mass is 185 g/mol. The smallest absolute Gasteiger partial charge is 0.129 e. The third-order valence-corrected chi connectivity index (χ3v) is 2.02. The van der Waals surface area contributed by atoms with Gasteiger partial charge in [-0.05, 0) is 31.0 Å². The normalized spacial score (nSPS) is 12.9. The fraction of sp³-hybridized carbons (Fsp3) is 0.400. The maximum absolute atomic E-state index is 13.1. The predicted molar refractivity (Wildman–Crippen MR) is 48.3 cm³/mol. The molecule has 13 heavy (non-hydrogen) atoms. The van der Waals surface area contributed by atoms with E-state index in [0.717, 1.165) is 0 Å². The van der Waals surface area contributed by atoms with Gasteiger partial charge in [-0.3, -0.25) is 0 Å². The van der Waals surface area contributed by atoms with Gasteiger partial charge in [-0.15, -0.1) is 0 Å². The standard InChI is InChI=1S/C10H13F2N/c1-7(6-13)5-8-9(11)3-2-4-10(8)12/h2-4,7H,5-6,13H2,1H3/t7-/m1/s1. The maximum Gasteiger partial charge on any atom is 0.129 e. The molecule has 0 radical (unpaired) electrons. The van der Waals surface area contributed by atoms with Crippen molar-refractivity contribution >= 4 is 0 Å². The van der Waals surface area contributed by atoms with E-state index in [1.165, 1.54) is 18.2 Å². The minimum atomic E-state index is -0.486. The van der Waals surface area contributed by atoms with Crippen LogP contribution in [0.1, 0.15) is 12.5 Å². The molecule has 0 heterocycles. The van der Waals surface area contributed by atoms with Gasteiger partial charge in [0.2, 0.25) is 0 Å². The molecule has 0 fully saturated rings. The van der Waals surface area contributed by atoms with Gasteiger partial charge in [-0.2, -0.15) is 0 Å². The van der Waals surface area contributed by atoms with Crippen LogP contribution < -0.4 is 5.73 Å². The second kappa shape index (κ2) is 4.33. The SMILES string of the molecule is C[C@@H](CN)Cc1c(F)cccc1F. The molecule has 0 bridgehead atoms. The fourth-order valence-electron chi connectivity index (χ4n) is 1.16. The van der Waals surface area contributed by atoms with Crippen molar-refractivity contribution in [3.63, 3.8) is 0 Å². The highest BCUT2D eigenvalue weighted by molar-refractivity contribution is 5.20. The summed E-state index contributed by atoms with van der Waals surface area (Å²) in [5, 5.41) is 0. The highest BCUT2D eigenvalue weighted by Crippen LogP contribution is 2.15. The molecule has 0 saturated carbocycles. The Hall–Kier alpha value is -0.960. The van der Waals surface area contributed by atoms with Gasteiger partial charge in [0.25, 0.3) is 0 Å². The zero-order valence-corrected chi connectivity index (χ0v) is 7.56. The first-order valence-electron chi connectivity index (χ1n) is 4.28. The Kier molecular flexibility index (Phi) is 3.37. The van der Waals surface area contributed by atoms with Gasteiger partial charge < -0.3 is 5.73 Å². The third-order valence-electron chi connectivity index (χ3n) is 2.02. The summed E-state index contributed by atoms with van der Waals surface area (Å²) in [6.45, 7) is 2.31. The Morgan fingerprint density at radius 3 is 2.31 bits per heavy atom. The van der Waals surface area contributed by atoms with Gasteiger partial charge in [-0.1, -0.05) is 13.0 Å². The molecule has 72 valence electrons. The van der Waals surface area contributed by atoms with Crippen molar-refractivity contribution in [2.24, 2.45) is 11.7 Å². The lowest BCUT2D eigenvalue weighted by Crippen LogP contribution is -2.14. The van der Waals surface area contributed by atoms with Crippen molar-refractivity contribution in [3.05, 3.63) is 35.4 Å². The van der Waals surface area contributed by atoms with Crippen molar-refractivity contribution in [2.45, 2.75) is 13.3 Å². The van der Waals surface area contributed by atoms with Gasteiger partial charge in [-0.25, -0.2) is 8.78 Å². The zero-order chi connectivity index (χ0) is 9.84. The summed E-state index contributed by atoms with van der Waals surface area (Å²) in [7, 11) is 0. The van der Waals surface area contributed by atoms with Crippen LogP contribution in [0.15, 0.2) is 18.2 Å². The molecule has 0 unspecified atom stereocenters. The molecule has 2 N–H and O–H groups in total. The molecule has 1 nitrogen and oxygen atoms in total. The van der Waals surface area contributed by atoms with E-state index in [1.54, 1.807) is 0 Å². The molecule has 0 saturated heterocycles. The number of benzene rings is 1. The van der Waals surface area contributed by atoms with E-state index in [1.807, 2.05) is 6.92 Å². The second-order valence-electron chi connectivity index (χ2n) is 3.25. The quantitative estimate of drug-likeness (QED) is 0.766. The van der Waals surface area contributed by atoms with Crippen LogP contribution in [-0.4, -0.2) is 6.54 Å². The fourth-order valence-corrected chi connectivity index (χ4v) is 1.16. The molecule has 0 aliphatic carbocycles. The topological polar surface area (TPSA) is 26.0 Å². The van der Waals surface area contributed by atoms with E-state index < -0.39 is 11.6 Å². The number of rotatable bonds is 3. The third kappa shape index (κ3) is 2.49. The van der Waals surface area contributed by atoms with Crippen molar-refractivity contribution < 1.29 is 8.78 Å². The molecular weight excluding hydrogens is 172 g/mol. The molecule has 3 heteroatoms. The first-order valence-corrected chi connectivity index (χ1v) is 4.28. The minimum Gasteiger partial charge on any atom is -0.330 e. The lowest BCUT2D eigenvalue weighted by Gasteiger charge is -2.09. The maximum atomic E-state index is 13.1. The Morgan fingerprint density at radius 1 is 1.31 bits per heavy atom. The van der Waals surface area contributed by atoms with Crippen LogP contribution in [-0.2, 0) is 6.42 Å². The summed E-state index contributed by atoms with van der Waals surface area (Å²) in [4.78, 5) is 0. The van der Waals surface area contributed by atoms with Gasteiger partial charge >= 0.3 is 0 Å². The van der Waals surface area contributed by atoms with E-state index in [0.29, 0.717) is 13.0 Å². The number of hydrogen-bond donors (Lipinski definition) is 1. The molecule has 0 aromatic heterocycles. The van der Waals surface area contributed by atoms with Crippen LogP contribution in [0.2, 0.25) is 0 Å². The van der Waals surface area contributed by atoms with Crippen LogP contribution in [0.25, 0.3) is 0 Å². The summed E-state index contributed by atoms with van der Waals surface area (Å²) >= 11 is 0. The van der Waals surface area contributed by atoms with Crippen molar-refractivity contribution in [3.8, 4) is 0 Å². The van der Waals surface area contributed by atoms with Crippen LogP contribution in [0.5, 0.6) is 0 Å². The highest BCUT2D eigenvalue weighted by Gasteiger charge is 2.10. The molecule has 1 atom stereocenters. The Balaban J connectivity index is 2.87. The summed E-state index contributed by atoms with van der Waals surface area (Å²) in [6.07, 6.45) is 0.356. The summed E-state index contributed by atoms with van der Waals surface area (Å²) < 4.78 is 26.1. The van der Waals surface area contributed by atoms with E-state index in [9.17, 15) is 8.78 Å². The van der Waals surface area contributed by atoms with E-state index in [-0.39, 0.29) is 11.5 Å². The summed E-state index contributed by atoms with van der Waals surface area (Å²) in [5.41, 5.74) is 5.51. The van der Waals surface area contributed by atoms with E-state index >= 15 is 0 Å². The Bertz CT molecular complexity index is 266. The number of hydrogen-bond acceptors (Lipinski definition) is 1. The number of halogens is 2. The first kappa shape index (κ1) is 10.1. The number of nitrogens with two attached hydrogens (primary N) is 1. The van der Waals surface area contributed by atoms with Gasteiger partial charge in [0, 0.05) is 5.56 Å². The molecule has 0 spiro atoms. The van der Waals surface area contributed by atoms with Crippen molar-refractivity contribution in [2.75, 3.05) is 6.54 Å². The average Bonchev–Trinajstić information content (AvgIpc) is 2.11. The lowest BCUT2D eigenvalue weighted by molar-refractivity contribution is 0.512. The van der Waals surface area contributed by atoms with E-state index in [2.05, 4.69) is 0 Å². The van der Waals surface area contributed by atoms with Gasteiger partial charge in [0.1, 0.15) is 11.6 Å². The Labute approximate surface area is 76.6 Å². The van der Waals surface area contributed by atoms with Gasteiger partial charge in [0.05, 0.1) is 0 Å². The average molecular weight is 185 g/mol. The molecule has 1 aromatic carbocycles. The van der Waals surface area contributed by atoms with Crippen LogP contribution in [0.3, 0.4) is 0 Å². The molecule has 1 aromatic rings. The first-order chi connectivity index (χ1) is 6.15. The summed E-state index contributed by atoms with van der Waals surface area (Å²) in [6, 6.07) is 3.89. The van der Waals surface area contributed by atoms with Crippen molar-refractivity contribution in [1.29, 1.82) is 0 Å². The van der Waals surface area contributed by atoms with Crippen molar-refractivity contribution in [1.82, 2.24) is 0 Å². The minimum absolute atomic E-state index is 0.103. The largest absolute Gasteiger partial charge is 0.330 e. The van der Waals surface area contributed by atoms with Crippen LogP contribution in [0, 0.1) is 17.6 Å².